The Bertz CT molecular complexity index is 322. The van der Waals surface area contributed by atoms with Gasteiger partial charge in [0.1, 0.15) is 12.2 Å². The summed E-state index contributed by atoms with van der Waals surface area (Å²) in [6.45, 7) is 15.0. The lowest BCUT2D eigenvalue weighted by Gasteiger charge is -2.37. The van der Waals surface area contributed by atoms with Gasteiger partial charge in [0, 0.05) is 13.3 Å². The van der Waals surface area contributed by atoms with Crippen LogP contribution in [0.1, 0.15) is 41.0 Å². The number of carbonyl (C=O) groups is 1. The lowest BCUT2D eigenvalue weighted by Crippen LogP contribution is -2.44. The summed E-state index contributed by atoms with van der Waals surface area (Å²) in [5.41, 5.74) is 0. The van der Waals surface area contributed by atoms with Gasteiger partial charge in [-0.15, -0.1) is 0 Å². The van der Waals surface area contributed by atoms with E-state index in [1.807, 2.05) is 6.92 Å². The van der Waals surface area contributed by atoms with Crippen LogP contribution in [0.4, 0.5) is 0 Å². The molecular formula is C14H28O4Si. The second-order valence-electron chi connectivity index (χ2n) is 6.94. The van der Waals surface area contributed by atoms with Crippen molar-refractivity contribution in [3.05, 3.63) is 0 Å². The maximum Gasteiger partial charge on any atom is 0.302 e. The maximum absolute atomic E-state index is 11.1. The molecule has 0 spiro atoms. The minimum Gasteiger partial charge on any atom is -0.460 e. The summed E-state index contributed by atoms with van der Waals surface area (Å²) in [6.07, 6.45) is 0.577. The largest absolute Gasteiger partial charge is 0.460 e. The van der Waals surface area contributed by atoms with E-state index in [9.17, 15) is 4.79 Å². The Morgan fingerprint density at radius 2 is 1.95 bits per heavy atom. The van der Waals surface area contributed by atoms with Gasteiger partial charge >= 0.3 is 5.97 Å². The minimum atomic E-state index is -1.78. The Labute approximate surface area is 117 Å². The predicted molar refractivity (Wildman–Crippen MR) is 77.7 cm³/mol. The van der Waals surface area contributed by atoms with Gasteiger partial charge in [-0.3, -0.25) is 4.79 Å². The van der Waals surface area contributed by atoms with E-state index in [0.29, 0.717) is 6.61 Å². The van der Waals surface area contributed by atoms with E-state index in [-0.39, 0.29) is 29.3 Å². The molecule has 0 aromatic carbocycles. The van der Waals surface area contributed by atoms with Crippen molar-refractivity contribution in [3.63, 3.8) is 0 Å². The van der Waals surface area contributed by atoms with Crippen LogP contribution in [0.2, 0.25) is 18.1 Å². The molecule has 3 atom stereocenters. The SMILES string of the molecule is CC(=O)OC1C[C@H](C)O[C@@H]1CO[Si](C)(C)C(C)(C)C. The average molecular weight is 288 g/mol. The van der Waals surface area contributed by atoms with Crippen molar-refractivity contribution in [1.82, 2.24) is 0 Å². The second kappa shape index (κ2) is 5.93. The van der Waals surface area contributed by atoms with Gasteiger partial charge in [0.05, 0.1) is 12.7 Å². The van der Waals surface area contributed by atoms with Crippen molar-refractivity contribution >= 4 is 14.3 Å². The highest BCUT2D eigenvalue weighted by atomic mass is 28.4. The van der Waals surface area contributed by atoms with Crippen molar-refractivity contribution in [2.24, 2.45) is 0 Å². The van der Waals surface area contributed by atoms with Crippen molar-refractivity contribution in [2.75, 3.05) is 6.61 Å². The summed E-state index contributed by atoms with van der Waals surface area (Å²) in [6, 6.07) is 0. The zero-order valence-corrected chi connectivity index (χ0v) is 14.3. The van der Waals surface area contributed by atoms with Crippen LogP contribution in [0.25, 0.3) is 0 Å². The summed E-state index contributed by atoms with van der Waals surface area (Å²) in [5.74, 6) is -0.250. The number of ether oxygens (including phenoxy) is 2. The molecule has 1 unspecified atom stereocenters. The Morgan fingerprint density at radius 1 is 1.37 bits per heavy atom. The Hall–Kier alpha value is -0.393. The molecule has 0 bridgehead atoms. The first kappa shape index (κ1) is 16.7. The molecule has 0 aromatic heterocycles. The second-order valence-corrected chi connectivity index (χ2v) is 11.7. The Balaban J connectivity index is 2.58. The van der Waals surface area contributed by atoms with Crippen LogP contribution in [-0.2, 0) is 18.7 Å². The van der Waals surface area contributed by atoms with E-state index in [1.54, 1.807) is 0 Å². The molecule has 0 N–H and O–H groups in total. The van der Waals surface area contributed by atoms with E-state index in [2.05, 4.69) is 33.9 Å². The van der Waals surface area contributed by atoms with Crippen LogP contribution in [0.3, 0.4) is 0 Å². The standard InChI is InChI=1S/C14H28O4Si/c1-10-8-12(18-11(2)15)13(17-10)9-16-19(6,7)14(3,4)5/h10,12-13H,8-9H2,1-7H3/t10-,12?,13+/m0/s1. The molecule has 19 heavy (non-hydrogen) atoms. The molecule has 1 aliphatic heterocycles. The number of esters is 1. The van der Waals surface area contributed by atoms with Crippen molar-refractivity contribution in [3.8, 4) is 0 Å². The first-order valence-corrected chi connectivity index (χ1v) is 9.90. The maximum atomic E-state index is 11.1. The van der Waals surface area contributed by atoms with Crippen molar-refractivity contribution < 1.29 is 18.7 Å². The molecule has 5 heteroatoms. The topological polar surface area (TPSA) is 44.8 Å². The summed E-state index contributed by atoms with van der Waals surface area (Å²) < 4.78 is 17.3. The highest BCUT2D eigenvalue weighted by Gasteiger charge is 2.41. The zero-order valence-electron chi connectivity index (χ0n) is 13.3. The van der Waals surface area contributed by atoms with Crippen molar-refractivity contribution in [2.45, 2.75) is 77.5 Å². The smallest absolute Gasteiger partial charge is 0.302 e. The normalized spacial score (nSPS) is 28.5. The number of carbonyl (C=O) groups excluding carboxylic acids is 1. The summed E-state index contributed by atoms with van der Waals surface area (Å²) in [7, 11) is -1.78. The summed E-state index contributed by atoms with van der Waals surface area (Å²) in [5, 5.41) is 0.175. The molecular weight excluding hydrogens is 260 g/mol. The van der Waals surface area contributed by atoms with Gasteiger partial charge in [0.25, 0.3) is 0 Å². The van der Waals surface area contributed by atoms with E-state index in [4.69, 9.17) is 13.9 Å². The zero-order chi connectivity index (χ0) is 14.8. The van der Waals surface area contributed by atoms with Crippen LogP contribution < -0.4 is 0 Å². The number of hydrogen-bond acceptors (Lipinski definition) is 4. The van der Waals surface area contributed by atoms with Gasteiger partial charge in [0.15, 0.2) is 8.32 Å². The fourth-order valence-electron chi connectivity index (χ4n) is 1.91. The van der Waals surface area contributed by atoms with Gasteiger partial charge in [-0.2, -0.15) is 0 Å². The number of rotatable bonds is 4. The quantitative estimate of drug-likeness (QED) is 0.589. The third-order valence-electron chi connectivity index (χ3n) is 4.12. The van der Waals surface area contributed by atoms with Gasteiger partial charge in [-0.05, 0) is 25.1 Å². The van der Waals surface area contributed by atoms with Crippen LogP contribution >= 0.6 is 0 Å². The van der Waals surface area contributed by atoms with E-state index in [0.717, 1.165) is 6.42 Å². The van der Waals surface area contributed by atoms with Gasteiger partial charge in [-0.1, -0.05) is 20.8 Å². The van der Waals surface area contributed by atoms with Crippen LogP contribution in [0.5, 0.6) is 0 Å². The predicted octanol–water partition coefficient (Wildman–Crippen LogP) is 3.12. The Morgan fingerprint density at radius 3 is 2.42 bits per heavy atom. The molecule has 1 fully saturated rings. The molecule has 1 rings (SSSR count). The minimum absolute atomic E-state index is 0.123. The molecule has 4 nitrogen and oxygen atoms in total. The number of hydrogen-bond donors (Lipinski definition) is 0. The van der Waals surface area contributed by atoms with Crippen LogP contribution in [0, 0.1) is 0 Å². The first-order valence-electron chi connectivity index (χ1n) is 6.99. The lowest BCUT2D eigenvalue weighted by atomic mass is 10.1. The monoisotopic (exact) mass is 288 g/mol. The fourth-order valence-corrected chi connectivity index (χ4v) is 2.93. The van der Waals surface area contributed by atoms with Crippen molar-refractivity contribution in [1.29, 1.82) is 0 Å². The lowest BCUT2D eigenvalue weighted by molar-refractivity contribution is -0.149. The molecule has 0 aliphatic carbocycles. The third kappa shape index (κ3) is 4.58. The summed E-state index contributed by atoms with van der Waals surface area (Å²) in [4.78, 5) is 11.1. The Kier molecular flexibility index (Phi) is 5.20. The molecule has 0 aromatic rings. The fraction of sp³-hybridized carbons (Fsp3) is 0.929. The van der Waals surface area contributed by atoms with Crippen LogP contribution in [-0.4, -0.2) is 39.2 Å². The molecule has 1 heterocycles. The summed E-state index contributed by atoms with van der Waals surface area (Å²) >= 11 is 0. The van der Waals surface area contributed by atoms with Gasteiger partial charge < -0.3 is 13.9 Å². The highest BCUT2D eigenvalue weighted by Crippen LogP contribution is 2.37. The van der Waals surface area contributed by atoms with Gasteiger partial charge in [0.2, 0.25) is 0 Å². The van der Waals surface area contributed by atoms with E-state index < -0.39 is 8.32 Å². The molecule has 0 amide bonds. The average Bonchev–Trinajstić information content (AvgIpc) is 2.53. The first-order chi connectivity index (χ1) is 8.53. The molecule has 1 aliphatic rings. The molecule has 0 saturated carbocycles. The molecule has 112 valence electrons. The highest BCUT2D eigenvalue weighted by molar-refractivity contribution is 6.74. The van der Waals surface area contributed by atoms with Crippen LogP contribution in [0.15, 0.2) is 0 Å². The molecule has 1 saturated heterocycles. The van der Waals surface area contributed by atoms with E-state index in [1.165, 1.54) is 6.92 Å². The molecule has 0 radical (unpaired) electrons. The van der Waals surface area contributed by atoms with Gasteiger partial charge in [-0.25, -0.2) is 0 Å². The van der Waals surface area contributed by atoms with E-state index >= 15 is 0 Å². The third-order valence-corrected chi connectivity index (χ3v) is 8.62.